The third-order valence-electron chi connectivity index (χ3n) is 12.2. The Labute approximate surface area is 331 Å². The standard InChI is InChI=1S/C40H53F2N5O7S2/c1-23(2)20-47(56(50,51)31-7-8-32-36(19-31)55-39(44-32)43-29-9-11-46(12-10-29)30-5-3-4-6-30)21-34(48)33(15-24-13-27(41)18-28(42)14-24)45-40(49)54-37-26-16-25-17-35(37)53-38(25)52-22-26/h7-8,13-14,18-19,23,25-26,29-30,33-35,37-38,48H,3-6,9-12,15-17,20-22H2,1-2H3,(H,43,44)(H,45,49). The highest BCUT2D eigenvalue weighted by molar-refractivity contribution is 7.89. The number of aromatic nitrogens is 1. The van der Waals surface area contributed by atoms with Crippen LogP contribution in [0.15, 0.2) is 41.3 Å². The van der Waals surface area contributed by atoms with Crippen LogP contribution in [0, 0.1) is 29.4 Å². The normalized spacial score (nSPS) is 27.0. The summed E-state index contributed by atoms with van der Waals surface area (Å²) in [6, 6.07) is 7.69. The SMILES string of the molecule is CC(C)CN(CC(O)C(Cc1cc(F)cc(F)c1)NC(=O)OC1C2COC3OC1CC3C2)S(=O)(=O)c1ccc2nc(NC3CCN(C4CCCC4)CC3)sc2c1. The molecule has 7 unspecified atom stereocenters. The number of hydrogen-bond donors (Lipinski definition) is 3. The maximum Gasteiger partial charge on any atom is 0.407 e. The molecule has 7 atom stereocenters. The molecule has 56 heavy (non-hydrogen) atoms. The number of nitrogens with zero attached hydrogens (tertiary/aromatic N) is 3. The molecule has 2 aromatic carbocycles. The summed E-state index contributed by atoms with van der Waals surface area (Å²) in [4.78, 5) is 20.9. The van der Waals surface area contributed by atoms with Crippen LogP contribution in [0.1, 0.15) is 70.8 Å². The van der Waals surface area contributed by atoms with Gasteiger partial charge >= 0.3 is 6.09 Å². The van der Waals surface area contributed by atoms with Crippen molar-refractivity contribution in [1.29, 1.82) is 0 Å². The molecule has 8 rings (SSSR count). The molecule has 306 valence electrons. The number of alkyl carbamates (subject to hydrolysis) is 1. The van der Waals surface area contributed by atoms with Gasteiger partial charge in [-0.15, -0.1) is 0 Å². The minimum Gasteiger partial charge on any atom is -0.443 e. The van der Waals surface area contributed by atoms with Crippen molar-refractivity contribution in [3.63, 3.8) is 0 Å². The molecule has 16 heteroatoms. The molecule has 1 amide bonds. The summed E-state index contributed by atoms with van der Waals surface area (Å²) >= 11 is 1.42. The average Bonchev–Trinajstić information content (AvgIpc) is 3.89. The number of aliphatic hydroxyl groups excluding tert-OH is 1. The Kier molecular flexibility index (Phi) is 11.9. The van der Waals surface area contributed by atoms with Gasteiger partial charge in [0.2, 0.25) is 10.0 Å². The van der Waals surface area contributed by atoms with Gasteiger partial charge in [-0.3, -0.25) is 0 Å². The van der Waals surface area contributed by atoms with Crippen LogP contribution in [0.2, 0.25) is 0 Å². The Morgan fingerprint density at radius 1 is 1.05 bits per heavy atom. The molecular formula is C40H53F2N5O7S2. The predicted octanol–water partition coefficient (Wildman–Crippen LogP) is 5.89. The number of rotatable bonds is 14. The number of ether oxygens (including phenoxy) is 3. The van der Waals surface area contributed by atoms with Crippen LogP contribution >= 0.6 is 11.3 Å². The lowest BCUT2D eigenvalue weighted by molar-refractivity contribution is -0.153. The van der Waals surface area contributed by atoms with Crippen LogP contribution in [0.4, 0.5) is 18.7 Å². The Morgan fingerprint density at radius 2 is 1.80 bits per heavy atom. The van der Waals surface area contributed by atoms with Gasteiger partial charge in [-0.25, -0.2) is 27.0 Å². The van der Waals surface area contributed by atoms with E-state index in [-0.39, 0.29) is 53.6 Å². The number of hydrogen-bond acceptors (Lipinski definition) is 11. The van der Waals surface area contributed by atoms with Crippen LogP contribution in [0.5, 0.6) is 0 Å². The Morgan fingerprint density at radius 3 is 2.54 bits per heavy atom. The van der Waals surface area contributed by atoms with Crippen molar-refractivity contribution in [2.24, 2.45) is 17.8 Å². The number of thiazole rings is 1. The van der Waals surface area contributed by atoms with Gasteiger partial charge in [-0.1, -0.05) is 38.0 Å². The molecular weight excluding hydrogens is 765 g/mol. The molecule has 4 heterocycles. The Bertz CT molecular complexity index is 1940. The molecule has 2 saturated carbocycles. The van der Waals surface area contributed by atoms with E-state index < -0.39 is 52.5 Å². The van der Waals surface area contributed by atoms with E-state index in [0.717, 1.165) is 66.4 Å². The maximum atomic E-state index is 14.4. The number of amides is 1. The van der Waals surface area contributed by atoms with Crippen molar-refractivity contribution in [3.8, 4) is 0 Å². The first-order chi connectivity index (χ1) is 26.9. The van der Waals surface area contributed by atoms with Gasteiger partial charge in [0.05, 0.1) is 40.0 Å². The van der Waals surface area contributed by atoms with Crippen molar-refractivity contribution >= 4 is 42.8 Å². The first-order valence-electron chi connectivity index (χ1n) is 20.2. The van der Waals surface area contributed by atoms with Crippen LogP contribution in [-0.2, 0) is 30.7 Å². The zero-order valence-corrected chi connectivity index (χ0v) is 33.6. The Balaban J connectivity index is 0.971. The van der Waals surface area contributed by atoms with Gasteiger partial charge in [0, 0.05) is 56.2 Å². The van der Waals surface area contributed by atoms with E-state index in [9.17, 15) is 27.1 Å². The van der Waals surface area contributed by atoms with Gasteiger partial charge in [0.1, 0.15) is 17.7 Å². The number of likely N-dealkylation sites (tertiary alicyclic amines) is 1. The van der Waals surface area contributed by atoms with Gasteiger partial charge in [-0.2, -0.15) is 4.31 Å². The van der Waals surface area contributed by atoms with Gasteiger partial charge < -0.3 is 34.9 Å². The van der Waals surface area contributed by atoms with Crippen LogP contribution in [-0.4, -0.2) is 109 Å². The summed E-state index contributed by atoms with van der Waals surface area (Å²) in [5, 5.41) is 18.8. The molecule has 3 saturated heterocycles. The first kappa shape index (κ1) is 39.8. The second kappa shape index (κ2) is 16.7. The topological polar surface area (TPSA) is 143 Å². The number of carbonyl (C=O) groups excluding carboxylic acids is 1. The van der Waals surface area contributed by atoms with E-state index >= 15 is 0 Å². The van der Waals surface area contributed by atoms with E-state index in [1.54, 1.807) is 12.1 Å². The number of sulfonamides is 1. The molecule has 3 aromatic rings. The quantitative estimate of drug-likeness (QED) is 0.180. The molecule has 1 aromatic heterocycles. The fraction of sp³-hybridized carbons (Fsp3) is 0.650. The maximum absolute atomic E-state index is 14.4. The van der Waals surface area contributed by atoms with E-state index in [1.165, 1.54) is 47.4 Å². The van der Waals surface area contributed by atoms with Gasteiger partial charge in [-0.05, 0) is 86.8 Å². The summed E-state index contributed by atoms with van der Waals surface area (Å²) in [5.74, 6) is -1.53. The summed E-state index contributed by atoms with van der Waals surface area (Å²) in [7, 11) is -4.17. The third-order valence-corrected chi connectivity index (χ3v) is 15.0. The molecule has 0 radical (unpaired) electrons. The smallest absolute Gasteiger partial charge is 0.407 e. The van der Waals surface area contributed by atoms with E-state index in [1.807, 2.05) is 13.8 Å². The second-order valence-electron chi connectivity index (χ2n) is 16.8. The molecule has 3 aliphatic heterocycles. The summed E-state index contributed by atoms with van der Waals surface area (Å²) in [6.07, 6.45) is 5.13. The highest BCUT2D eigenvalue weighted by atomic mass is 32.2. The van der Waals surface area contributed by atoms with Crippen molar-refractivity contribution in [2.45, 2.75) is 119 Å². The minimum absolute atomic E-state index is 0.0437. The first-order valence-corrected chi connectivity index (χ1v) is 22.4. The molecule has 2 aliphatic carbocycles. The molecule has 3 bridgehead atoms. The number of fused-ring (bicyclic) bond motifs is 3. The number of carbonyl (C=O) groups is 1. The number of nitrogens with one attached hydrogen (secondary N) is 2. The van der Waals surface area contributed by atoms with E-state index in [4.69, 9.17) is 19.2 Å². The van der Waals surface area contributed by atoms with E-state index in [2.05, 4.69) is 15.5 Å². The largest absolute Gasteiger partial charge is 0.443 e. The average molecular weight is 818 g/mol. The Hall–Kier alpha value is -2.99. The van der Waals surface area contributed by atoms with Crippen molar-refractivity contribution in [2.75, 3.05) is 38.1 Å². The van der Waals surface area contributed by atoms with Crippen molar-refractivity contribution in [1.82, 2.24) is 19.5 Å². The molecule has 5 fully saturated rings. The molecule has 5 aliphatic rings. The molecule has 3 N–H and O–H groups in total. The minimum atomic E-state index is -4.17. The van der Waals surface area contributed by atoms with Gasteiger partial charge in [0.15, 0.2) is 11.4 Å². The number of anilines is 1. The lowest BCUT2D eigenvalue weighted by atomic mass is 9.78. The van der Waals surface area contributed by atoms with Crippen LogP contribution in [0.3, 0.4) is 0 Å². The number of piperidine rings is 1. The highest BCUT2D eigenvalue weighted by Gasteiger charge is 2.53. The lowest BCUT2D eigenvalue weighted by Crippen LogP contribution is -2.53. The number of aliphatic hydroxyl groups is 1. The highest BCUT2D eigenvalue weighted by Crippen LogP contribution is 2.46. The van der Waals surface area contributed by atoms with E-state index in [0.29, 0.717) is 24.6 Å². The van der Waals surface area contributed by atoms with Crippen LogP contribution in [0.25, 0.3) is 10.2 Å². The third kappa shape index (κ3) is 8.86. The zero-order chi connectivity index (χ0) is 39.1. The van der Waals surface area contributed by atoms with Crippen molar-refractivity contribution < 1.29 is 41.3 Å². The molecule has 12 nitrogen and oxygen atoms in total. The predicted molar refractivity (Wildman–Crippen MR) is 208 cm³/mol. The number of benzene rings is 2. The summed E-state index contributed by atoms with van der Waals surface area (Å²) in [6.45, 7) is 5.95. The number of halogens is 2. The van der Waals surface area contributed by atoms with Gasteiger partial charge in [0.25, 0.3) is 0 Å². The zero-order valence-electron chi connectivity index (χ0n) is 31.9. The monoisotopic (exact) mass is 817 g/mol. The van der Waals surface area contributed by atoms with Crippen molar-refractivity contribution in [3.05, 3.63) is 53.6 Å². The summed E-state index contributed by atoms with van der Waals surface area (Å²) in [5.41, 5.74) is 0.868. The fourth-order valence-electron chi connectivity index (χ4n) is 9.44. The molecule has 0 spiro atoms. The van der Waals surface area contributed by atoms with Crippen LogP contribution < -0.4 is 10.6 Å². The summed E-state index contributed by atoms with van der Waals surface area (Å²) < 4.78 is 76.8. The fourth-order valence-corrected chi connectivity index (χ4v) is 12.1. The second-order valence-corrected chi connectivity index (χ2v) is 19.8. The lowest BCUT2D eigenvalue weighted by Gasteiger charge is -2.37.